The van der Waals surface area contributed by atoms with Crippen LogP contribution in [0.1, 0.15) is 26.6 Å². The number of hydrogen-bond acceptors (Lipinski definition) is 5. The second kappa shape index (κ2) is 3.72. The van der Waals surface area contributed by atoms with Gasteiger partial charge in [-0.25, -0.2) is 0 Å². The molecule has 1 fully saturated rings. The summed E-state index contributed by atoms with van der Waals surface area (Å²) >= 11 is 1.33. The van der Waals surface area contributed by atoms with Crippen molar-refractivity contribution < 1.29 is 4.74 Å². The number of aromatic nitrogens is 2. The molecule has 0 unspecified atom stereocenters. The highest BCUT2D eigenvalue weighted by Crippen LogP contribution is 2.25. The van der Waals surface area contributed by atoms with Gasteiger partial charge in [-0.3, -0.25) is 4.90 Å². The first kappa shape index (κ1) is 10.8. The third-order valence-electron chi connectivity index (χ3n) is 2.57. The summed E-state index contributed by atoms with van der Waals surface area (Å²) in [5.41, 5.74) is 0.247. The Morgan fingerprint density at radius 3 is 2.53 bits per heavy atom. The Bertz CT molecular complexity index is 339. The van der Waals surface area contributed by atoms with Gasteiger partial charge in [0.05, 0.1) is 0 Å². The maximum Gasteiger partial charge on any atom is 0.293 e. The molecule has 1 aromatic heterocycles. The molecule has 2 heterocycles. The van der Waals surface area contributed by atoms with Crippen molar-refractivity contribution in [3.63, 3.8) is 0 Å². The molecule has 2 rings (SSSR count). The molecule has 84 valence electrons. The number of likely N-dealkylation sites (tertiary alicyclic amines) is 1. The lowest BCUT2D eigenvalue weighted by molar-refractivity contribution is -0.0350. The van der Waals surface area contributed by atoms with Gasteiger partial charge in [-0.2, -0.15) is 9.36 Å². The predicted octanol–water partition coefficient (Wildman–Crippen LogP) is 1.71. The van der Waals surface area contributed by atoms with Gasteiger partial charge in [0.15, 0.2) is 0 Å². The topological polar surface area (TPSA) is 38.2 Å². The summed E-state index contributed by atoms with van der Waals surface area (Å²) in [5.74, 6) is 0.794. The Kier molecular flexibility index (Phi) is 2.68. The first-order valence-corrected chi connectivity index (χ1v) is 5.94. The van der Waals surface area contributed by atoms with Crippen molar-refractivity contribution in [3.05, 3.63) is 5.82 Å². The van der Waals surface area contributed by atoms with E-state index in [9.17, 15) is 0 Å². The summed E-state index contributed by atoms with van der Waals surface area (Å²) < 4.78 is 9.79. The van der Waals surface area contributed by atoms with E-state index in [1.54, 1.807) is 0 Å². The molecule has 1 saturated heterocycles. The molecule has 0 aromatic carbocycles. The van der Waals surface area contributed by atoms with Crippen molar-refractivity contribution in [2.45, 2.75) is 39.3 Å². The Labute approximate surface area is 94.4 Å². The van der Waals surface area contributed by atoms with Gasteiger partial charge in [0.1, 0.15) is 11.9 Å². The zero-order valence-electron chi connectivity index (χ0n) is 9.65. The molecule has 1 aromatic rings. The monoisotopic (exact) mass is 227 g/mol. The normalized spacial score (nSPS) is 18.9. The van der Waals surface area contributed by atoms with Gasteiger partial charge in [0.2, 0.25) is 0 Å². The van der Waals surface area contributed by atoms with E-state index >= 15 is 0 Å². The van der Waals surface area contributed by atoms with E-state index in [-0.39, 0.29) is 11.6 Å². The molecule has 0 N–H and O–H groups in total. The second-order valence-electron chi connectivity index (χ2n) is 4.92. The maximum atomic E-state index is 5.70. The fourth-order valence-electron chi connectivity index (χ4n) is 1.53. The molecule has 0 aliphatic carbocycles. The van der Waals surface area contributed by atoms with Crippen LogP contribution in [0, 0.1) is 6.92 Å². The molecule has 0 saturated carbocycles. The second-order valence-corrected chi connectivity index (χ2v) is 5.64. The van der Waals surface area contributed by atoms with Crippen LogP contribution in [-0.2, 0) is 0 Å². The molecule has 1 aliphatic rings. The Hall–Kier alpha value is -0.680. The van der Waals surface area contributed by atoms with Crippen molar-refractivity contribution in [2.24, 2.45) is 0 Å². The largest absolute Gasteiger partial charge is 0.463 e. The molecule has 15 heavy (non-hydrogen) atoms. The predicted molar refractivity (Wildman–Crippen MR) is 60.4 cm³/mol. The van der Waals surface area contributed by atoms with Gasteiger partial charge in [-0.15, -0.1) is 0 Å². The fraction of sp³-hybridized carbons (Fsp3) is 0.800. The van der Waals surface area contributed by atoms with Crippen LogP contribution in [0.2, 0.25) is 0 Å². The molecule has 0 bridgehead atoms. The molecule has 0 radical (unpaired) electrons. The number of nitrogens with zero attached hydrogens (tertiary/aromatic N) is 3. The zero-order chi connectivity index (χ0) is 11.1. The van der Waals surface area contributed by atoms with E-state index in [0.29, 0.717) is 5.19 Å². The number of rotatable bonds is 2. The van der Waals surface area contributed by atoms with Crippen LogP contribution in [-0.4, -0.2) is 39.0 Å². The van der Waals surface area contributed by atoms with E-state index in [1.165, 1.54) is 11.5 Å². The van der Waals surface area contributed by atoms with Crippen molar-refractivity contribution in [1.82, 2.24) is 14.3 Å². The standard InChI is InChI=1S/C10H17N3OS/c1-7-11-9(15-12-7)14-8-5-13(6-8)10(2,3)4/h8H,5-6H2,1-4H3. The van der Waals surface area contributed by atoms with E-state index in [4.69, 9.17) is 4.74 Å². The van der Waals surface area contributed by atoms with Gasteiger partial charge in [0.25, 0.3) is 5.19 Å². The van der Waals surface area contributed by atoms with Crippen LogP contribution in [0.25, 0.3) is 0 Å². The summed E-state index contributed by atoms with van der Waals surface area (Å²) in [5, 5.41) is 0.700. The average Bonchev–Trinajstić information content (AvgIpc) is 2.40. The summed E-state index contributed by atoms with van der Waals surface area (Å²) in [4.78, 5) is 6.58. The maximum absolute atomic E-state index is 5.70. The lowest BCUT2D eigenvalue weighted by Crippen LogP contribution is -2.60. The number of ether oxygens (including phenoxy) is 1. The summed E-state index contributed by atoms with van der Waals surface area (Å²) in [6.45, 7) is 10.5. The van der Waals surface area contributed by atoms with E-state index in [2.05, 4.69) is 35.0 Å². The van der Waals surface area contributed by atoms with Crippen molar-refractivity contribution in [2.75, 3.05) is 13.1 Å². The summed E-state index contributed by atoms with van der Waals surface area (Å²) in [6, 6.07) is 0. The fourth-order valence-corrected chi connectivity index (χ4v) is 2.13. The SMILES string of the molecule is Cc1nsc(OC2CN(C(C)(C)C)C2)n1. The third kappa shape index (κ3) is 2.46. The number of hydrogen-bond donors (Lipinski definition) is 0. The molecule has 0 spiro atoms. The minimum absolute atomic E-state index is 0.247. The van der Waals surface area contributed by atoms with Crippen LogP contribution in [0.3, 0.4) is 0 Å². The summed E-state index contributed by atoms with van der Waals surface area (Å²) in [7, 11) is 0. The molecule has 4 nitrogen and oxygen atoms in total. The Balaban J connectivity index is 1.81. The van der Waals surface area contributed by atoms with Crippen LogP contribution in [0.5, 0.6) is 5.19 Å². The number of aryl methyl sites for hydroxylation is 1. The minimum Gasteiger partial charge on any atom is -0.463 e. The van der Waals surface area contributed by atoms with Crippen molar-refractivity contribution in [3.8, 4) is 5.19 Å². The van der Waals surface area contributed by atoms with Gasteiger partial charge in [-0.1, -0.05) is 0 Å². The molecule has 5 heteroatoms. The first-order chi connectivity index (χ1) is 6.95. The van der Waals surface area contributed by atoms with Crippen LogP contribution < -0.4 is 4.74 Å². The van der Waals surface area contributed by atoms with Gasteiger partial charge < -0.3 is 4.74 Å². The average molecular weight is 227 g/mol. The lowest BCUT2D eigenvalue weighted by Gasteiger charge is -2.46. The Morgan fingerprint density at radius 2 is 2.07 bits per heavy atom. The molecular weight excluding hydrogens is 210 g/mol. The Morgan fingerprint density at radius 1 is 1.40 bits per heavy atom. The van der Waals surface area contributed by atoms with Crippen LogP contribution in [0.4, 0.5) is 0 Å². The van der Waals surface area contributed by atoms with Crippen LogP contribution >= 0.6 is 11.5 Å². The van der Waals surface area contributed by atoms with Gasteiger partial charge in [-0.05, 0) is 27.7 Å². The van der Waals surface area contributed by atoms with E-state index < -0.39 is 0 Å². The molecular formula is C10H17N3OS. The van der Waals surface area contributed by atoms with E-state index in [1.807, 2.05) is 6.92 Å². The lowest BCUT2D eigenvalue weighted by atomic mass is 9.99. The molecule has 1 aliphatic heterocycles. The van der Waals surface area contributed by atoms with Crippen molar-refractivity contribution in [1.29, 1.82) is 0 Å². The van der Waals surface area contributed by atoms with E-state index in [0.717, 1.165) is 18.9 Å². The van der Waals surface area contributed by atoms with Gasteiger partial charge in [0, 0.05) is 30.2 Å². The summed E-state index contributed by atoms with van der Waals surface area (Å²) in [6.07, 6.45) is 0.288. The minimum atomic E-state index is 0.247. The molecule has 0 amide bonds. The smallest absolute Gasteiger partial charge is 0.293 e. The van der Waals surface area contributed by atoms with Crippen LogP contribution in [0.15, 0.2) is 0 Å². The highest BCUT2D eigenvalue weighted by Gasteiger charge is 2.36. The highest BCUT2D eigenvalue weighted by atomic mass is 32.1. The quantitative estimate of drug-likeness (QED) is 0.771. The third-order valence-corrected chi connectivity index (χ3v) is 3.27. The molecule has 0 atom stereocenters. The van der Waals surface area contributed by atoms with Crippen molar-refractivity contribution >= 4 is 11.5 Å². The first-order valence-electron chi connectivity index (χ1n) is 5.17. The highest BCUT2D eigenvalue weighted by molar-refractivity contribution is 7.07. The zero-order valence-corrected chi connectivity index (χ0v) is 10.5. The van der Waals surface area contributed by atoms with Gasteiger partial charge >= 0.3 is 0 Å².